The van der Waals surface area contributed by atoms with E-state index >= 15 is 0 Å². The average molecular weight is 436 g/mol. The summed E-state index contributed by atoms with van der Waals surface area (Å²) in [5.74, 6) is 0.521. The van der Waals surface area contributed by atoms with Crippen LogP contribution < -0.4 is 10.6 Å². The number of aromatic nitrogens is 4. The maximum Gasteiger partial charge on any atom is 0.320 e. The van der Waals surface area contributed by atoms with E-state index < -0.39 is 0 Å². The van der Waals surface area contributed by atoms with Crippen molar-refractivity contribution < 1.29 is 4.79 Å². The van der Waals surface area contributed by atoms with Crippen LogP contribution in [0.4, 0.5) is 10.6 Å². The van der Waals surface area contributed by atoms with Gasteiger partial charge in [0.25, 0.3) is 0 Å². The maximum absolute atomic E-state index is 12.3. The van der Waals surface area contributed by atoms with Crippen molar-refractivity contribution in [2.45, 2.75) is 52.1 Å². The summed E-state index contributed by atoms with van der Waals surface area (Å²) in [6.07, 6.45) is 10.2. The molecule has 0 atom stereocenters. The molecule has 8 nitrogen and oxygen atoms in total. The van der Waals surface area contributed by atoms with E-state index in [1.54, 1.807) is 6.07 Å². The van der Waals surface area contributed by atoms with Crippen LogP contribution in [0.3, 0.4) is 0 Å². The van der Waals surface area contributed by atoms with Crippen LogP contribution in [0.15, 0.2) is 36.8 Å². The molecule has 0 aliphatic heterocycles. The standard InChI is InChI=1S/C24H33N7O/c1-24(2,15-30(3)4)16-31-14-18(13-26-31)17-11-21-20(25-12-17)9-10-22(28-21)29-23(32)27-19-7-5-6-8-19/h9-14,19H,5-8,15-16H2,1-4H3,(H2,27,28,29,32). The number of anilines is 1. The summed E-state index contributed by atoms with van der Waals surface area (Å²) in [5, 5.41) is 10.4. The molecule has 1 aliphatic carbocycles. The molecule has 2 amide bonds. The largest absolute Gasteiger partial charge is 0.335 e. The number of carbonyl (C=O) groups excluding carboxylic acids is 1. The van der Waals surface area contributed by atoms with Gasteiger partial charge in [-0.2, -0.15) is 5.10 Å². The first-order valence-electron chi connectivity index (χ1n) is 11.3. The first-order valence-corrected chi connectivity index (χ1v) is 11.3. The van der Waals surface area contributed by atoms with E-state index in [2.05, 4.69) is 64.7 Å². The van der Waals surface area contributed by atoms with E-state index in [1.807, 2.05) is 29.2 Å². The summed E-state index contributed by atoms with van der Waals surface area (Å²) >= 11 is 0. The Kier molecular flexibility index (Phi) is 6.41. The highest BCUT2D eigenvalue weighted by molar-refractivity contribution is 5.90. The van der Waals surface area contributed by atoms with Crippen molar-refractivity contribution in [1.82, 2.24) is 30.0 Å². The fourth-order valence-electron chi connectivity index (χ4n) is 4.59. The van der Waals surface area contributed by atoms with Crippen LogP contribution in [0.5, 0.6) is 0 Å². The van der Waals surface area contributed by atoms with Gasteiger partial charge in [0.2, 0.25) is 0 Å². The summed E-state index contributed by atoms with van der Waals surface area (Å²) < 4.78 is 1.99. The second-order valence-corrected chi connectivity index (χ2v) is 9.87. The van der Waals surface area contributed by atoms with Crippen molar-refractivity contribution in [1.29, 1.82) is 0 Å². The zero-order valence-corrected chi connectivity index (χ0v) is 19.4. The van der Waals surface area contributed by atoms with Gasteiger partial charge in [0.15, 0.2) is 0 Å². The second kappa shape index (κ2) is 9.24. The van der Waals surface area contributed by atoms with Gasteiger partial charge >= 0.3 is 6.03 Å². The number of fused-ring (bicyclic) bond motifs is 1. The monoisotopic (exact) mass is 435 g/mol. The summed E-state index contributed by atoms with van der Waals surface area (Å²) in [5.41, 5.74) is 3.58. The highest BCUT2D eigenvalue weighted by Gasteiger charge is 2.20. The number of pyridine rings is 2. The Morgan fingerprint density at radius 1 is 1.16 bits per heavy atom. The topological polar surface area (TPSA) is 88.0 Å². The predicted molar refractivity (Wildman–Crippen MR) is 128 cm³/mol. The zero-order chi connectivity index (χ0) is 22.7. The van der Waals surface area contributed by atoms with Gasteiger partial charge in [0.05, 0.1) is 17.2 Å². The number of rotatable bonds is 7. The molecule has 4 rings (SSSR count). The molecule has 0 radical (unpaired) electrons. The first kappa shape index (κ1) is 22.2. The van der Waals surface area contributed by atoms with Crippen LogP contribution in [0.2, 0.25) is 0 Å². The Morgan fingerprint density at radius 3 is 2.69 bits per heavy atom. The van der Waals surface area contributed by atoms with E-state index in [1.165, 1.54) is 12.8 Å². The molecule has 32 heavy (non-hydrogen) atoms. The van der Waals surface area contributed by atoms with Crippen LogP contribution in [-0.2, 0) is 6.54 Å². The van der Waals surface area contributed by atoms with Gasteiger partial charge in [-0.05, 0) is 50.6 Å². The Labute approximate surface area is 189 Å². The Hall–Kier alpha value is -3.00. The van der Waals surface area contributed by atoms with Crippen LogP contribution >= 0.6 is 0 Å². The number of nitrogens with one attached hydrogen (secondary N) is 2. The lowest BCUT2D eigenvalue weighted by Gasteiger charge is -2.28. The number of carbonyl (C=O) groups is 1. The maximum atomic E-state index is 12.3. The number of amides is 2. The van der Waals surface area contributed by atoms with Crippen molar-refractivity contribution >= 4 is 22.9 Å². The molecule has 1 aliphatic rings. The third kappa shape index (κ3) is 5.62. The molecule has 2 N–H and O–H groups in total. The van der Waals surface area contributed by atoms with Crippen LogP contribution in [0.1, 0.15) is 39.5 Å². The van der Waals surface area contributed by atoms with Crippen LogP contribution in [0.25, 0.3) is 22.2 Å². The van der Waals surface area contributed by atoms with Crippen LogP contribution in [-0.4, -0.2) is 57.4 Å². The lowest BCUT2D eigenvalue weighted by Crippen LogP contribution is -2.36. The quantitative estimate of drug-likeness (QED) is 0.582. The lowest BCUT2D eigenvalue weighted by molar-refractivity contribution is 0.204. The summed E-state index contributed by atoms with van der Waals surface area (Å²) in [4.78, 5) is 23.6. The van der Waals surface area contributed by atoms with Gasteiger partial charge in [-0.3, -0.25) is 15.0 Å². The normalized spacial score (nSPS) is 14.9. The molecule has 3 aromatic heterocycles. The molecule has 0 saturated heterocycles. The van der Waals surface area contributed by atoms with Crippen molar-refractivity contribution in [2.24, 2.45) is 5.41 Å². The SMILES string of the molecule is CN(C)CC(C)(C)Cn1cc(-c2cnc3ccc(NC(=O)NC4CCCC4)nc3c2)cn1. The van der Waals surface area contributed by atoms with E-state index in [-0.39, 0.29) is 17.5 Å². The van der Waals surface area contributed by atoms with Gasteiger partial charge in [0, 0.05) is 42.7 Å². The molecule has 170 valence electrons. The zero-order valence-electron chi connectivity index (χ0n) is 19.4. The predicted octanol–water partition coefficient (Wildman–Crippen LogP) is 4.15. The third-order valence-corrected chi connectivity index (χ3v) is 5.77. The van der Waals surface area contributed by atoms with Gasteiger partial charge < -0.3 is 10.2 Å². The molecule has 0 bridgehead atoms. The molecule has 3 aromatic rings. The average Bonchev–Trinajstić information content (AvgIpc) is 3.38. The number of nitrogens with zero attached hydrogens (tertiary/aromatic N) is 5. The highest BCUT2D eigenvalue weighted by atomic mass is 16.2. The highest BCUT2D eigenvalue weighted by Crippen LogP contribution is 2.25. The molecule has 1 fully saturated rings. The molecule has 0 spiro atoms. The minimum atomic E-state index is -0.200. The molecule has 0 aromatic carbocycles. The Bertz CT molecular complexity index is 1080. The van der Waals surface area contributed by atoms with E-state index in [0.29, 0.717) is 5.82 Å². The Morgan fingerprint density at radius 2 is 1.94 bits per heavy atom. The summed E-state index contributed by atoms with van der Waals surface area (Å²) in [6.45, 7) is 6.29. The smallest absolute Gasteiger partial charge is 0.320 e. The molecule has 1 saturated carbocycles. The minimum absolute atomic E-state index is 0.107. The van der Waals surface area contributed by atoms with Crippen molar-refractivity contribution in [3.63, 3.8) is 0 Å². The molecule has 8 heteroatoms. The molecule has 3 heterocycles. The molecular formula is C24H33N7O. The second-order valence-electron chi connectivity index (χ2n) is 9.87. The summed E-state index contributed by atoms with van der Waals surface area (Å²) in [7, 11) is 4.18. The molecular weight excluding hydrogens is 402 g/mol. The fraction of sp³-hybridized carbons (Fsp3) is 0.500. The van der Waals surface area contributed by atoms with Crippen LogP contribution in [0, 0.1) is 5.41 Å². The first-order chi connectivity index (χ1) is 15.3. The van der Waals surface area contributed by atoms with E-state index in [9.17, 15) is 4.79 Å². The number of urea groups is 1. The van der Waals surface area contributed by atoms with E-state index in [4.69, 9.17) is 0 Å². The van der Waals surface area contributed by atoms with Crippen molar-refractivity contribution in [2.75, 3.05) is 26.0 Å². The number of hydrogen-bond acceptors (Lipinski definition) is 5. The van der Waals surface area contributed by atoms with Crippen molar-refractivity contribution in [3.8, 4) is 11.1 Å². The van der Waals surface area contributed by atoms with Crippen molar-refractivity contribution in [3.05, 3.63) is 36.8 Å². The lowest BCUT2D eigenvalue weighted by atomic mass is 9.93. The van der Waals surface area contributed by atoms with Gasteiger partial charge in [-0.15, -0.1) is 0 Å². The van der Waals surface area contributed by atoms with E-state index in [0.717, 1.165) is 48.1 Å². The Balaban J connectivity index is 1.48. The fourth-order valence-corrected chi connectivity index (χ4v) is 4.59. The van der Waals surface area contributed by atoms with Gasteiger partial charge in [0.1, 0.15) is 5.82 Å². The summed E-state index contributed by atoms with van der Waals surface area (Å²) in [6, 6.07) is 5.73. The third-order valence-electron chi connectivity index (χ3n) is 5.77. The van der Waals surface area contributed by atoms with Gasteiger partial charge in [-0.25, -0.2) is 9.78 Å². The number of hydrogen-bond donors (Lipinski definition) is 2. The molecule has 0 unspecified atom stereocenters. The minimum Gasteiger partial charge on any atom is -0.335 e. The van der Waals surface area contributed by atoms with Gasteiger partial charge in [-0.1, -0.05) is 26.7 Å².